The summed E-state index contributed by atoms with van der Waals surface area (Å²) in [6.45, 7) is 2.07. The van der Waals surface area contributed by atoms with Crippen molar-refractivity contribution in [2.45, 2.75) is 6.92 Å². The van der Waals surface area contributed by atoms with Gasteiger partial charge in [-0.3, -0.25) is 5.41 Å². The Labute approximate surface area is 122 Å². The van der Waals surface area contributed by atoms with Gasteiger partial charge in [0.15, 0.2) is 5.84 Å². The van der Waals surface area contributed by atoms with Crippen molar-refractivity contribution in [3.8, 4) is 5.75 Å². The molecule has 0 unspecified atom stereocenters. The van der Waals surface area contributed by atoms with Crippen molar-refractivity contribution in [1.82, 2.24) is 5.01 Å². The molecule has 0 atom stereocenters. The van der Waals surface area contributed by atoms with Gasteiger partial charge in [0.1, 0.15) is 17.2 Å². The number of hydrazone groups is 1. The lowest BCUT2D eigenvalue weighted by atomic mass is 10.2. The second-order valence-electron chi connectivity index (χ2n) is 4.38. The molecule has 0 bridgehead atoms. The standard InChI is InChI=1S/C13H18N6O2/c1-3-19-13(16)12(10(6-20)18-19)17-9-5-11(21-2)8(15)4-7(9)14/h4-5,16,20H,3,6,14-15H2,1-2H3. The fourth-order valence-corrected chi connectivity index (χ4v) is 1.95. The van der Waals surface area contributed by atoms with Gasteiger partial charge in [-0.25, -0.2) is 10.0 Å². The van der Waals surface area contributed by atoms with Gasteiger partial charge >= 0.3 is 0 Å². The number of nitrogens with one attached hydrogen (secondary N) is 1. The molecule has 0 amide bonds. The van der Waals surface area contributed by atoms with Crippen LogP contribution in [0.2, 0.25) is 0 Å². The molecule has 8 heteroatoms. The Morgan fingerprint density at radius 2 is 2.10 bits per heavy atom. The quantitative estimate of drug-likeness (QED) is 0.602. The number of hydrogen-bond donors (Lipinski definition) is 4. The Kier molecular flexibility index (Phi) is 4.08. The molecule has 0 fully saturated rings. The molecule has 6 N–H and O–H groups in total. The molecule has 0 saturated heterocycles. The van der Waals surface area contributed by atoms with Crippen LogP contribution in [0.25, 0.3) is 0 Å². The number of hydrogen-bond acceptors (Lipinski definition) is 7. The second kappa shape index (κ2) is 5.80. The number of rotatable bonds is 4. The molecule has 1 aliphatic rings. The van der Waals surface area contributed by atoms with Gasteiger partial charge in [-0.2, -0.15) is 5.10 Å². The van der Waals surface area contributed by atoms with Crippen molar-refractivity contribution in [1.29, 1.82) is 5.41 Å². The number of aliphatic hydroxyl groups excluding tert-OH is 1. The molecule has 0 aliphatic carbocycles. The predicted molar refractivity (Wildman–Crippen MR) is 83.5 cm³/mol. The fraction of sp³-hybridized carbons (Fsp3) is 0.308. The highest BCUT2D eigenvalue weighted by molar-refractivity contribution is 6.70. The number of amidine groups is 1. The van der Waals surface area contributed by atoms with Crippen LogP contribution in [0.5, 0.6) is 5.75 Å². The summed E-state index contributed by atoms with van der Waals surface area (Å²) in [7, 11) is 1.50. The summed E-state index contributed by atoms with van der Waals surface area (Å²) >= 11 is 0. The van der Waals surface area contributed by atoms with E-state index in [1.54, 1.807) is 12.1 Å². The maximum Gasteiger partial charge on any atom is 0.169 e. The first kappa shape index (κ1) is 14.8. The average molecular weight is 290 g/mol. The van der Waals surface area contributed by atoms with E-state index in [-0.39, 0.29) is 18.2 Å². The largest absolute Gasteiger partial charge is 0.495 e. The van der Waals surface area contributed by atoms with Crippen LogP contribution in [0.1, 0.15) is 6.92 Å². The molecule has 1 heterocycles. The summed E-state index contributed by atoms with van der Waals surface area (Å²) in [5, 5.41) is 23.0. The Morgan fingerprint density at radius 3 is 2.67 bits per heavy atom. The molecule has 112 valence electrons. The number of nitrogens with two attached hydrogens (primary N) is 2. The summed E-state index contributed by atoms with van der Waals surface area (Å²) in [5.41, 5.74) is 13.5. The Morgan fingerprint density at radius 1 is 1.38 bits per heavy atom. The Balaban J connectivity index is 2.48. The van der Waals surface area contributed by atoms with Gasteiger partial charge in [0.2, 0.25) is 0 Å². The van der Waals surface area contributed by atoms with E-state index < -0.39 is 0 Å². The lowest BCUT2D eigenvalue weighted by Gasteiger charge is -2.11. The molecule has 0 spiro atoms. The first-order valence-electron chi connectivity index (χ1n) is 6.38. The number of nitrogen functional groups attached to an aromatic ring is 2. The first-order valence-corrected chi connectivity index (χ1v) is 6.38. The number of benzene rings is 1. The van der Waals surface area contributed by atoms with Crippen molar-refractivity contribution in [2.24, 2.45) is 10.1 Å². The number of aliphatic hydroxyl groups is 1. The molecule has 21 heavy (non-hydrogen) atoms. The predicted octanol–water partition coefficient (Wildman–Crippen LogP) is 0.593. The van der Waals surface area contributed by atoms with Gasteiger partial charge in [0.25, 0.3) is 0 Å². The minimum absolute atomic E-state index is 0.122. The summed E-state index contributed by atoms with van der Waals surface area (Å²) < 4.78 is 5.13. The molecule has 0 saturated carbocycles. The molecule has 8 nitrogen and oxygen atoms in total. The minimum atomic E-state index is -0.302. The normalized spacial score (nSPS) is 16.5. The molecule has 1 aliphatic heterocycles. The van der Waals surface area contributed by atoms with Crippen molar-refractivity contribution < 1.29 is 9.84 Å². The zero-order valence-electron chi connectivity index (χ0n) is 11.9. The van der Waals surface area contributed by atoms with E-state index in [0.29, 0.717) is 35.1 Å². The summed E-state index contributed by atoms with van der Waals surface area (Å²) in [6, 6.07) is 3.14. The van der Waals surface area contributed by atoms with Gasteiger partial charge in [0.05, 0.1) is 30.8 Å². The molecular formula is C13H18N6O2. The van der Waals surface area contributed by atoms with E-state index >= 15 is 0 Å². The smallest absolute Gasteiger partial charge is 0.169 e. The number of anilines is 2. The van der Waals surface area contributed by atoms with Crippen LogP contribution in [-0.4, -0.2) is 47.6 Å². The number of methoxy groups -OCH3 is 1. The van der Waals surface area contributed by atoms with E-state index in [9.17, 15) is 5.11 Å². The van der Waals surface area contributed by atoms with E-state index in [1.807, 2.05) is 6.92 Å². The maximum absolute atomic E-state index is 9.35. The highest BCUT2D eigenvalue weighted by Crippen LogP contribution is 2.33. The van der Waals surface area contributed by atoms with Crippen molar-refractivity contribution in [2.75, 3.05) is 31.7 Å². The highest BCUT2D eigenvalue weighted by Gasteiger charge is 2.27. The van der Waals surface area contributed by atoms with E-state index in [0.717, 1.165) is 0 Å². The summed E-state index contributed by atoms with van der Waals surface area (Å²) in [6.07, 6.45) is 0. The van der Waals surface area contributed by atoms with E-state index in [1.165, 1.54) is 12.1 Å². The van der Waals surface area contributed by atoms with E-state index in [2.05, 4.69) is 10.1 Å². The topological polar surface area (TPSA) is 133 Å². The Bertz CT molecular complexity index is 638. The summed E-state index contributed by atoms with van der Waals surface area (Å²) in [5.74, 6) is 0.569. The van der Waals surface area contributed by atoms with Crippen LogP contribution in [0.4, 0.5) is 17.1 Å². The number of ether oxygens (including phenoxy) is 1. The van der Waals surface area contributed by atoms with Crippen LogP contribution in [0, 0.1) is 5.41 Å². The maximum atomic E-state index is 9.35. The third kappa shape index (κ3) is 2.65. The van der Waals surface area contributed by atoms with Crippen LogP contribution in [0.15, 0.2) is 22.2 Å². The SMILES string of the molecule is CCN1N=C(CO)C(=Nc2cc(OC)c(N)cc2N)C1=N. The van der Waals surface area contributed by atoms with Crippen LogP contribution in [0.3, 0.4) is 0 Å². The summed E-state index contributed by atoms with van der Waals surface area (Å²) in [4.78, 5) is 4.34. The van der Waals surface area contributed by atoms with E-state index in [4.69, 9.17) is 21.6 Å². The van der Waals surface area contributed by atoms with Gasteiger partial charge in [-0.1, -0.05) is 0 Å². The van der Waals surface area contributed by atoms with Crippen LogP contribution >= 0.6 is 0 Å². The zero-order chi connectivity index (χ0) is 15.6. The second-order valence-corrected chi connectivity index (χ2v) is 4.38. The van der Waals surface area contributed by atoms with Gasteiger partial charge in [-0.05, 0) is 13.0 Å². The van der Waals surface area contributed by atoms with Crippen LogP contribution < -0.4 is 16.2 Å². The third-order valence-electron chi connectivity index (χ3n) is 3.06. The number of aliphatic imine (C=N–C) groups is 1. The zero-order valence-corrected chi connectivity index (χ0v) is 11.9. The van der Waals surface area contributed by atoms with Gasteiger partial charge in [-0.15, -0.1) is 0 Å². The molecular weight excluding hydrogens is 272 g/mol. The van der Waals surface area contributed by atoms with Crippen LogP contribution in [-0.2, 0) is 0 Å². The monoisotopic (exact) mass is 290 g/mol. The number of nitrogens with zero attached hydrogens (tertiary/aromatic N) is 3. The van der Waals surface area contributed by atoms with Crippen molar-refractivity contribution in [3.63, 3.8) is 0 Å². The molecule has 1 aromatic carbocycles. The lowest BCUT2D eigenvalue weighted by Crippen LogP contribution is -2.27. The van der Waals surface area contributed by atoms with Gasteiger partial charge in [0, 0.05) is 12.6 Å². The minimum Gasteiger partial charge on any atom is -0.495 e. The molecule has 1 aromatic rings. The Hall–Kier alpha value is -2.61. The molecule has 0 radical (unpaired) electrons. The fourth-order valence-electron chi connectivity index (χ4n) is 1.95. The first-order chi connectivity index (χ1) is 10.0. The third-order valence-corrected chi connectivity index (χ3v) is 3.06. The van der Waals surface area contributed by atoms with Gasteiger partial charge < -0.3 is 21.3 Å². The highest BCUT2D eigenvalue weighted by atomic mass is 16.5. The molecule has 2 rings (SSSR count). The average Bonchev–Trinajstić information content (AvgIpc) is 2.77. The van der Waals surface area contributed by atoms with Crippen molar-refractivity contribution in [3.05, 3.63) is 12.1 Å². The lowest BCUT2D eigenvalue weighted by molar-refractivity contribution is 0.356. The van der Waals surface area contributed by atoms with Crippen molar-refractivity contribution >= 4 is 34.3 Å². The molecule has 0 aromatic heterocycles.